The van der Waals surface area contributed by atoms with Gasteiger partial charge in [0, 0.05) is 26.1 Å². The van der Waals surface area contributed by atoms with E-state index in [9.17, 15) is 4.79 Å². The Labute approximate surface area is 133 Å². The molecule has 0 saturated carbocycles. The number of carboxylic acid groups (broad SMARTS) is 1. The van der Waals surface area contributed by atoms with Crippen molar-refractivity contribution in [1.29, 1.82) is 0 Å². The fourth-order valence-corrected chi connectivity index (χ4v) is 2.38. The van der Waals surface area contributed by atoms with Crippen LogP contribution < -0.4 is 5.32 Å². The molecule has 0 bridgehead atoms. The monoisotopic (exact) mass is 318 g/mol. The van der Waals surface area contributed by atoms with Gasteiger partial charge in [-0.1, -0.05) is 17.2 Å². The number of carboxylic acids is 1. The summed E-state index contributed by atoms with van der Waals surface area (Å²) in [5, 5.41) is 19.9. The Morgan fingerprint density at radius 2 is 2.04 bits per heavy atom. The molecule has 0 radical (unpaired) electrons. The average Bonchev–Trinajstić information content (AvgIpc) is 3.02. The molecule has 1 aliphatic heterocycles. The van der Waals surface area contributed by atoms with Gasteiger partial charge in [-0.15, -0.1) is 5.10 Å². The second-order valence-corrected chi connectivity index (χ2v) is 5.18. The molecule has 2 N–H and O–H groups in total. The van der Waals surface area contributed by atoms with E-state index in [1.54, 1.807) is 18.2 Å². The molecule has 1 saturated heterocycles. The van der Waals surface area contributed by atoms with Gasteiger partial charge in [0.05, 0.1) is 24.5 Å². The normalized spacial score (nSPS) is 15.5. The van der Waals surface area contributed by atoms with Gasteiger partial charge in [-0.25, -0.2) is 4.79 Å². The van der Waals surface area contributed by atoms with Gasteiger partial charge in [0.2, 0.25) is 5.89 Å². The summed E-state index contributed by atoms with van der Waals surface area (Å²) in [7, 11) is 0. The van der Waals surface area contributed by atoms with Gasteiger partial charge < -0.3 is 19.6 Å². The zero-order valence-electron chi connectivity index (χ0n) is 12.6. The first-order valence-corrected chi connectivity index (χ1v) is 7.44. The molecule has 0 unspecified atom stereocenters. The fraction of sp³-hybridized carbons (Fsp3) is 0.400. The number of nitrogens with one attached hydrogen (secondary N) is 1. The average molecular weight is 318 g/mol. The molecule has 1 aliphatic rings. The van der Waals surface area contributed by atoms with E-state index >= 15 is 0 Å². The molecule has 2 heterocycles. The molecule has 0 aliphatic carbocycles. The van der Waals surface area contributed by atoms with Gasteiger partial charge >= 0.3 is 12.0 Å². The number of rotatable bonds is 6. The lowest BCUT2D eigenvalue weighted by Gasteiger charge is -2.25. The van der Waals surface area contributed by atoms with Crippen LogP contribution in [0.4, 0.5) is 11.7 Å². The lowest BCUT2D eigenvalue weighted by molar-refractivity contribution is 0.0377. The third-order valence-electron chi connectivity index (χ3n) is 3.61. The number of ether oxygens (including phenoxy) is 1. The number of hydrogen-bond acceptors (Lipinski definition) is 7. The molecule has 2 aromatic rings. The smallest absolute Gasteiger partial charge is 0.337 e. The number of hydrogen-bond donors (Lipinski definition) is 2. The number of carbonyl (C=O) groups is 1. The van der Waals surface area contributed by atoms with E-state index in [-0.39, 0.29) is 11.6 Å². The van der Waals surface area contributed by atoms with E-state index in [0.717, 1.165) is 32.8 Å². The third-order valence-corrected chi connectivity index (χ3v) is 3.61. The standard InChI is InChI=1S/C15H18N4O4/c20-14(21)11-3-1-2-4-12(11)16-15-18-17-13(23-15)5-6-19-7-9-22-10-8-19/h1-4H,5-10H2,(H,16,18)(H,20,21). The summed E-state index contributed by atoms with van der Waals surface area (Å²) in [6.07, 6.45) is 0.648. The van der Waals surface area contributed by atoms with E-state index < -0.39 is 5.97 Å². The lowest BCUT2D eigenvalue weighted by atomic mass is 10.2. The van der Waals surface area contributed by atoms with Crippen LogP contribution >= 0.6 is 0 Å². The minimum Gasteiger partial charge on any atom is -0.478 e. The minimum absolute atomic E-state index is 0.153. The van der Waals surface area contributed by atoms with Crippen LogP contribution in [-0.2, 0) is 11.2 Å². The molecule has 0 amide bonds. The Bertz CT molecular complexity index is 667. The Kier molecular flexibility index (Phi) is 4.84. The van der Waals surface area contributed by atoms with Gasteiger partial charge in [0.15, 0.2) is 0 Å². The first-order valence-electron chi connectivity index (χ1n) is 7.44. The summed E-state index contributed by atoms with van der Waals surface area (Å²) in [4.78, 5) is 13.5. The summed E-state index contributed by atoms with van der Waals surface area (Å²) in [6.45, 7) is 4.15. The molecule has 23 heavy (non-hydrogen) atoms. The summed E-state index contributed by atoms with van der Waals surface area (Å²) in [5.41, 5.74) is 0.573. The van der Waals surface area contributed by atoms with Crippen molar-refractivity contribution >= 4 is 17.7 Å². The summed E-state index contributed by atoms with van der Waals surface area (Å²) < 4.78 is 10.8. The highest BCUT2D eigenvalue weighted by molar-refractivity contribution is 5.94. The largest absolute Gasteiger partial charge is 0.478 e. The zero-order valence-corrected chi connectivity index (χ0v) is 12.6. The van der Waals surface area contributed by atoms with Crippen molar-refractivity contribution in [3.8, 4) is 0 Å². The maximum Gasteiger partial charge on any atom is 0.337 e. The Balaban J connectivity index is 1.60. The Hall–Kier alpha value is -2.45. The molecule has 1 aromatic heterocycles. The van der Waals surface area contributed by atoms with Gasteiger partial charge in [0.1, 0.15) is 0 Å². The summed E-state index contributed by atoms with van der Waals surface area (Å²) in [6, 6.07) is 6.76. The summed E-state index contributed by atoms with van der Waals surface area (Å²) >= 11 is 0. The van der Waals surface area contributed by atoms with Gasteiger partial charge in [-0.05, 0) is 12.1 Å². The van der Waals surface area contributed by atoms with Crippen molar-refractivity contribution in [1.82, 2.24) is 15.1 Å². The van der Waals surface area contributed by atoms with Crippen LogP contribution in [0, 0.1) is 0 Å². The molecule has 8 heteroatoms. The van der Waals surface area contributed by atoms with Gasteiger partial charge in [0.25, 0.3) is 0 Å². The van der Waals surface area contributed by atoms with Crippen molar-refractivity contribution in [2.24, 2.45) is 0 Å². The molecular formula is C15H18N4O4. The third kappa shape index (κ3) is 4.05. The zero-order chi connectivity index (χ0) is 16.1. The fourth-order valence-electron chi connectivity index (χ4n) is 2.38. The van der Waals surface area contributed by atoms with E-state index in [1.807, 2.05) is 0 Å². The first-order chi connectivity index (χ1) is 11.2. The Morgan fingerprint density at radius 3 is 2.83 bits per heavy atom. The van der Waals surface area contributed by atoms with Gasteiger partial charge in [-0.3, -0.25) is 4.90 Å². The second kappa shape index (κ2) is 7.21. The maximum absolute atomic E-state index is 11.2. The number of para-hydroxylation sites is 1. The molecule has 122 valence electrons. The molecular weight excluding hydrogens is 300 g/mol. The molecule has 1 aromatic carbocycles. The maximum atomic E-state index is 11.2. The van der Waals surface area contributed by atoms with Crippen LogP contribution in [-0.4, -0.2) is 59.0 Å². The van der Waals surface area contributed by atoms with Gasteiger partial charge in [-0.2, -0.15) is 0 Å². The number of morpholine rings is 1. The number of aromatic nitrogens is 2. The lowest BCUT2D eigenvalue weighted by Crippen LogP contribution is -2.37. The highest BCUT2D eigenvalue weighted by Crippen LogP contribution is 2.20. The number of anilines is 2. The van der Waals surface area contributed by atoms with Crippen LogP contribution in [0.15, 0.2) is 28.7 Å². The molecule has 0 spiro atoms. The van der Waals surface area contributed by atoms with Crippen LogP contribution in [0.1, 0.15) is 16.2 Å². The number of benzene rings is 1. The molecule has 8 nitrogen and oxygen atoms in total. The van der Waals surface area contributed by atoms with Crippen molar-refractivity contribution < 1.29 is 19.1 Å². The quantitative estimate of drug-likeness (QED) is 0.824. The van der Waals surface area contributed by atoms with E-state index in [1.165, 1.54) is 6.07 Å². The predicted molar refractivity (Wildman–Crippen MR) is 81.9 cm³/mol. The van der Waals surface area contributed by atoms with Crippen LogP contribution in [0.2, 0.25) is 0 Å². The summed E-state index contributed by atoms with van der Waals surface area (Å²) in [5.74, 6) is -0.494. The van der Waals surface area contributed by atoms with Crippen molar-refractivity contribution in [2.45, 2.75) is 6.42 Å². The number of aromatic carboxylic acids is 1. The highest BCUT2D eigenvalue weighted by Gasteiger charge is 2.14. The molecule has 3 rings (SSSR count). The highest BCUT2D eigenvalue weighted by atomic mass is 16.5. The van der Waals surface area contributed by atoms with Crippen LogP contribution in [0.5, 0.6) is 0 Å². The van der Waals surface area contributed by atoms with E-state index in [0.29, 0.717) is 18.0 Å². The SMILES string of the molecule is O=C(O)c1ccccc1Nc1nnc(CCN2CCOCC2)o1. The van der Waals surface area contributed by atoms with Crippen LogP contribution in [0.25, 0.3) is 0 Å². The Morgan fingerprint density at radius 1 is 1.26 bits per heavy atom. The van der Waals surface area contributed by atoms with Crippen molar-refractivity contribution in [3.63, 3.8) is 0 Å². The second-order valence-electron chi connectivity index (χ2n) is 5.18. The topological polar surface area (TPSA) is 101 Å². The van der Waals surface area contributed by atoms with Crippen molar-refractivity contribution in [2.75, 3.05) is 38.2 Å². The number of nitrogens with zero attached hydrogens (tertiary/aromatic N) is 3. The molecule has 0 atom stereocenters. The predicted octanol–water partition coefficient (Wildman–Crippen LogP) is 1.39. The minimum atomic E-state index is -1.01. The van der Waals surface area contributed by atoms with Crippen LogP contribution in [0.3, 0.4) is 0 Å². The van der Waals surface area contributed by atoms with Crippen molar-refractivity contribution in [3.05, 3.63) is 35.7 Å². The van der Waals surface area contributed by atoms with E-state index in [2.05, 4.69) is 20.4 Å². The first kappa shape index (κ1) is 15.4. The molecule has 1 fully saturated rings. The van der Waals surface area contributed by atoms with E-state index in [4.69, 9.17) is 14.3 Å².